The van der Waals surface area contributed by atoms with Gasteiger partial charge >= 0.3 is 12.1 Å². The number of anilines is 1. The summed E-state index contributed by atoms with van der Waals surface area (Å²) in [5.41, 5.74) is -2.08. The summed E-state index contributed by atoms with van der Waals surface area (Å²) >= 11 is 0. The topological polar surface area (TPSA) is 88.4 Å². The first-order valence-electron chi connectivity index (χ1n) is 6.58. The molecule has 1 aromatic carbocycles. The lowest BCUT2D eigenvalue weighted by atomic mass is 10.2. The Balaban J connectivity index is 2.10. The van der Waals surface area contributed by atoms with Crippen molar-refractivity contribution in [3.8, 4) is 0 Å². The number of carbonyl (C=O) groups excluding carboxylic acids is 1. The Bertz CT molecular complexity index is 826. The van der Waals surface area contributed by atoms with E-state index in [1.807, 2.05) is 0 Å². The zero-order valence-electron chi connectivity index (χ0n) is 12.0. The second-order valence-electron chi connectivity index (χ2n) is 4.78. The number of carbonyl (C=O) groups is 2. The van der Waals surface area contributed by atoms with Gasteiger partial charge in [-0.3, -0.25) is 9.59 Å². The SMILES string of the molecule is O=C(Cn1cccc(C(=O)O)c1=O)Nc1ccc(C(F)(F)F)cc1. The summed E-state index contributed by atoms with van der Waals surface area (Å²) in [5.74, 6) is -2.10. The first kappa shape index (κ1) is 17.3. The van der Waals surface area contributed by atoms with Gasteiger partial charge < -0.3 is 15.0 Å². The third kappa shape index (κ3) is 4.00. The van der Waals surface area contributed by atoms with E-state index in [1.54, 1.807) is 0 Å². The molecular weight excluding hydrogens is 329 g/mol. The number of amides is 1. The van der Waals surface area contributed by atoms with Crippen LogP contribution in [0.2, 0.25) is 0 Å². The Kier molecular flexibility index (Phi) is 4.72. The lowest BCUT2D eigenvalue weighted by Crippen LogP contribution is -2.30. The van der Waals surface area contributed by atoms with Crippen LogP contribution in [0.25, 0.3) is 0 Å². The van der Waals surface area contributed by atoms with Crippen molar-refractivity contribution in [2.75, 3.05) is 5.32 Å². The van der Waals surface area contributed by atoms with Crippen molar-refractivity contribution in [3.63, 3.8) is 0 Å². The molecule has 2 N–H and O–H groups in total. The molecule has 6 nitrogen and oxygen atoms in total. The fraction of sp³-hybridized carbons (Fsp3) is 0.133. The number of nitrogens with one attached hydrogen (secondary N) is 1. The molecule has 9 heteroatoms. The summed E-state index contributed by atoms with van der Waals surface area (Å²) < 4.78 is 38.2. The fourth-order valence-corrected chi connectivity index (χ4v) is 1.92. The predicted molar refractivity (Wildman–Crippen MR) is 77.7 cm³/mol. The van der Waals surface area contributed by atoms with E-state index < -0.39 is 41.3 Å². The molecule has 0 aliphatic carbocycles. The molecule has 0 saturated carbocycles. The summed E-state index contributed by atoms with van der Waals surface area (Å²) in [6, 6.07) is 6.19. The van der Waals surface area contributed by atoms with Gasteiger partial charge in [-0.05, 0) is 36.4 Å². The Morgan fingerprint density at radius 1 is 1.12 bits per heavy atom. The Morgan fingerprint density at radius 2 is 1.75 bits per heavy atom. The molecule has 0 unspecified atom stereocenters. The van der Waals surface area contributed by atoms with Crippen LogP contribution in [0, 0.1) is 0 Å². The highest BCUT2D eigenvalue weighted by Crippen LogP contribution is 2.29. The van der Waals surface area contributed by atoms with Crippen molar-refractivity contribution in [1.29, 1.82) is 0 Å². The molecule has 0 aliphatic rings. The van der Waals surface area contributed by atoms with E-state index >= 15 is 0 Å². The van der Waals surface area contributed by atoms with Gasteiger partial charge in [-0.1, -0.05) is 0 Å². The zero-order chi connectivity index (χ0) is 17.9. The minimum atomic E-state index is -4.48. The van der Waals surface area contributed by atoms with E-state index in [0.29, 0.717) is 0 Å². The Hall–Kier alpha value is -3.10. The maximum atomic E-state index is 12.4. The number of hydrogen-bond acceptors (Lipinski definition) is 3. The Morgan fingerprint density at radius 3 is 2.29 bits per heavy atom. The Labute approximate surface area is 133 Å². The van der Waals surface area contributed by atoms with Gasteiger partial charge in [0, 0.05) is 11.9 Å². The highest BCUT2D eigenvalue weighted by atomic mass is 19.4. The summed E-state index contributed by atoms with van der Waals surface area (Å²) in [6.45, 7) is -0.471. The quantitative estimate of drug-likeness (QED) is 0.893. The van der Waals surface area contributed by atoms with Crippen molar-refractivity contribution in [2.24, 2.45) is 0 Å². The second kappa shape index (κ2) is 6.57. The molecule has 2 aromatic rings. The number of alkyl halides is 3. The third-order valence-electron chi connectivity index (χ3n) is 3.06. The van der Waals surface area contributed by atoms with Crippen LogP contribution in [0.5, 0.6) is 0 Å². The summed E-state index contributed by atoms with van der Waals surface area (Å²) in [4.78, 5) is 34.5. The van der Waals surface area contributed by atoms with Crippen LogP contribution in [-0.4, -0.2) is 21.6 Å². The van der Waals surface area contributed by atoms with Crippen LogP contribution in [0.1, 0.15) is 15.9 Å². The molecule has 24 heavy (non-hydrogen) atoms. The molecule has 0 radical (unpaired) electrons. The first-order chi connectivity index (χ1) is 11.2. The van der Waals surface area contributed by atoms with Crippen molar-refractivity contribution < 1.29 is 27.9 Å². The number of aromatic carboxylic acids is 1. The van der Waals surface area contributed by atoms with Gasteiger partial charge in [0.25, 0.3) is 5.56 Å². The molecule has 0 saturated heterocycles. The molecule has 0 atom stereocenters. The third-order valence-corrected chi connectivity index (χ3v) is 3.06. The standard InChI is InChI=1S/C15H11F3N2O4/c16-15(17,18)9-3-5-10(6-4-9)19-12(21)8-20-7-1-2-11(13(20)22)14(23)24/h1-7H,8H2,(H,19,21)(H,23,24). The summed E-state index contributed by atoms with van der Waals surface area (Å²) in [7, 11) is 0. The van der Waals surface area contributed by atoms with E-state index in [4.69, 9.17) is 5.11 Å². The monoisotopic (exact) mass is 340 g/mol. The second-order valence-corrected chi connectivity index (χ2v) is 4.78. The van der Waals surface area contributed by atoms with E-state index in [-0.39, 0.29) is 5.69 Å². The molecule has 2 rings (SSSR count). The minimum Gasteiger partial charge on any atom is -0.477 e. The molecule has 0 aliphatic heterocycles. The summed E-state index contributed by atoms with van der Waals surface area (Å²) in [5, 5.41) is 11.2. The van der Waals surface area contributed by atoms with Gasteiger partial charge in [-0.2, -0.15) is 13.2 Å². The highest BCUT2D eigenvalue weighted by Gasteiger charge is 2.29. The fourth-order valence-electron chi connectivity index (χ4n) is 1.92. The molecule has 1 heterocycles. The molecule has 1 amide bonds. The molecule has 0 fully saturated rings. The van der Waals surface area contributed by atoms with Gasteiger partial charge in [0.2, 0.25) is 5.91 Å². The number of carboxylic acids is 1. The highest BCUT2D eigenvalue weighted by molar-refractivity contribution is 5.91. The number of rotatable bonds is 4. The van der Waals surface area contributed by atoms with Gasteiger partial charge in [-0.15, -0.1) is 0 Å². The van der Waals surface area contributed by atoms with Gasteiger partial charge in [0.1, 0.15) is 12.1 Å². The number of benzene rings is 1. The minimum absolute atomic E-state index is 0.121. The van der Waals surface area contributed by atoms with Gasteiger partial charge in [-0.25, -0.2) is 4.79 Å². The van der Waals surface area contributed by atoms with Crippen LogP contribution in [-0.2, 0) is 17.5 Å². The van der Waals surface area contributed by atoms with E-state index in [0.717, 1.165) is 34.9 Å². The van der Waals surface area contributed by atoms with Crippen molar-refractivity contribution >= 4 is 17.6 Å². The van der Waals surface area contributed by atoms with Gasteiger partial charge in [0.05, 0.1) is 5.56 Å². The summed E-state index contributed by atoms with van der Waals surface area (Å²) in [6.07, 6.45) is -3.24. The maximum Gasteiger partial charge on any atom is 0.416 e. The van der Waals surface area contributed by atoms with E-state index in [1.165, 1.54) is 12.3 Å². The first-order valence-corrected chi connectivity index (χ1v) is 6.58. The normalized spacial score (nSPS) is 11.1. The number of pyridine rings is 1. The van der Waals surface area contributed by atoms with Crippen LogP contribution < -0.4 is 10.9 Å². The average molecular weight is 340 g/mol. The largest absolute Gasteiger partial charge is 0.477 e. The number of carboxylic acid groups (broad SMARTS) is 1. The maximum absolute atomic E-state index is 12.4. The number of hydrogen-bond donors (Lipinski definition) is 2. The smallest absolute Gasteiger partial charge is 0.416 e. The predicted octanol–water partition coefficient (Wildman–Crippen LogP) is 2.20. The number of nitrogens with zero attached hydrogens (tertiary/aromatic N) is 1. The zero-order valence-corrected chi connectivity index (χ0v) is 12.0. The van der Waals surface area contributed by atoms with Crippen LogP contribution in [0.3, 0.4) is 0 Å². The van der Waals surface area contributed by atoms with Crippen molar-refractivity contribution in [3.05, 3.63) is 64.1 Å². The molecule has 126 valence electrons. The van der Waals surface area contributed by atoms with Crippen LogP contribution in [0.4, 0.5) is 18.9 Å². The molecule has 1 aromatic heterocycles. The van der Waals surface area contributed by atoms with Crippen molar-refractivity contribution in [1.82, 2.24) is 4.57 Å². The molecule has 0 bridgehead atoms. The van der Waals surface area contributed by atoms with Crippen molar-refractivity contribution in [2.45, 2.75) is 12.7 Å². The number of aromatic nitrogens is 1. The van der Waals surface area contributed by atoms with E-state index in [2.05, 4.69) is 5.32 Å². The number of halogens is 3. The molecule has 0 spiro atoms. The van der Waals surface area contributed by atoms with Crippen LogP contribution >= 0.6 is 0 Å². The lowest BCUT2D eigenvalue weighted by molar-refractivity contribution is -0.137. The average Bonchev–Trinajstić information content (AvgIpc) is 2.48. The van der Waals surface area contributed by atoms with E-state index in [9.17, 15) is 27.6 Å². The van der Waals surface area contributed by atoms with Crippen LogP contribution in [0.15, 0.2) is 47.4 Å². The lowest BCUT2D eigenvalue weighted by Gasteiger charge is -2.10. The van der Waals surface area contributed by atoms with Gasteiger partial charge in [0.15, 0.2) is 0 Å². The molecular formula is C15H11F3N2O4.